The lowest BCUT2D eigenvalue weighted by atomic mass is 10.2. The second kappa shape index (κ2) is 6.76. The molecule has 1 aromatic rings. The number of benzene rings is 1. The summed E-state index contributed by atoms with van der Waals surface area (Å²) in [5.41, 5.74) is 1.64. The highest BCUT2D eigenvalue weighted by Gasteiger charge is 2.16. The van der Waals surface area contributed by atoms with Crippen molar-refractivity contribution in [2.75, 3.05) is 11.9 Å². The lowest BCUT2D eigenvalue weighted by Crippen LogP contribution is -2.43. The van der Waals surface area contributed by atoms with Crippen LogP contribution in [0.4, 0.5) is 5.69 Å². The van der Waals surface area contributed by atoms with Crippen LogP contribution in [0.2, 0.25) is 0 Å². The summed E-state index contributed by atoms with van der Waals surface area (Å²) in [5, 5.41) is 13.9. The monoisotopic (exact) mass is 250 g/mol. The van der Waals surface area contributed by atoms with Crippen molar-refractivity contribution in [1.29, 1.82) is 0 Å². The van der Waals surface area contributed by atoms with E-state index in [0.29, 0.717) is 12.1 Å². The summed E-state index contributed by atoms with van der Waals surface area (Å²) >= 11 is 0. The number of amides is 2. The quantitative estimate of drug-likeness (QED) is 0.692. The molecule has 0 spiro atoms. The molecule has 0 aliphatic rings. The summed E-state index contributed by atoms with van der Waals surface area (Å²) in [4.78, 5) is 23.1. The average molecular weight is 250 g/mol. The molecule has 5 nitrogen and oxygen atoms in total. The first-order valence-corrected chi connectivity index (χ1v) is 5.86. The number of anilines is 1. The van der Waals surface area contributed by atoms with Gasteiger partial charge in [-0.15, -0.1) is 0 Å². The van der Waals surface area contributed by atoms with E-state index < -0.39 is 11.8 Å². The lowest BCUT2D eigenvalue weighted by Gasteiger charge is -2.13. The minimum atomic E-state index is -0.739. The zero-order chi connectivity index (χ0) is 13.5. The van der Waals surface area contributed by atoms with Gasteiger partial charge in [0.15, 0.2) is 0 Å². The summed E-state index contributed by atoms with van der Waals surface area (Å²) in [6, 6.07) is 6.75. The zero-order valence-corrected chi connectivity index (χ0v) is 10.6. The molecule has 0 heterocycles. The Morgan fingerprint density at radius 2 is 1.83 bits per heavy atom. The molecule has 1 aromatic carbocycles. The second-order valence-corrected chi connectivity index (χ2v) is 4.08. The van der Waals surface area contributed by atoms with Crippen LogP contribution >= 0.6 is 0 Å². The predicted octanol–water partition coefficient (Wildman–Crippen LogP) is 0.821. The van der Waals surface area contributed by atoms with Gasteiger partial charge in [0.05, 0.1) is 12.6 Å². The van der Waals surface area contributed by atoms with E-state index in [2.05, 4.69) is 10.6 Å². The van der Waals surface area contributed by atoms with Crippen LogP contribution in [0.1, 0.15) is 18.9 Å². The third-order valence-corrected chi connectivity index (χ3v) is 2.56. The number of aryl methyl sites for hydroxylation is 1. The van der Waals surface area contributed by atoms with Crippen LogP contribution in [-0.4, -0.2) is 29.6 Å². The molecular weight excluding hydrogens is 232 g/mol. The maximum absolute atomic E-state index is 11.6. The highest BCUT2D eigenvalue weighted by Crippen LogP contribution is 2.08. The van der Waals surface area contributed by atoms with Crippen LogP contribution in [0.3, 0.4) is 0 Å². The minimum Gasteiger partial charge on any atom is -0.394 e. The van der Waals surface area contributed by atoms with Gasteiger partial charge < -0.3 is 15.7 Å². The van der Waals surface area contributed by atoms with Gasteiger partial charge in [0.1, 0.15) is 0 Å². The molecule has 0 aromatic heterocycles. The van der Waals surface area contributed by atoms with Crippen molar-refractivity contribution in [1.82, 2.24) is 5.32 Å². The van der Waals surface area contributed by atoms with Gasteiger partial charge in [0.25, 0.3) is 0 Å². The van der Waals surface area contributed by atoms with Gasteiger partial charge in [0.2, 0.25) is 0 Å². The molecule has 2 amide bonds. The molecule has 0 aliphatic carbocycles. The Balaban J connectivity index is 2.54. The Kier molecular flexibility index (Phi) is 5.32. The number of carbonyl (C=O) groups excluding carboxylic acids is 2. The van der Waals surface area contributed by atoms with E-state index in [0.717, 1.165) is 5.56 Å². The fourth-order valence-corrected chi connectivity index (χ4v) is 1.35. The normalized spacial score (nSPS) is 11.7. The molecule has 0 bridgehead atoms. The first-order valence-electron chi connectivity index (χ1n) is 5.86. The molecule has 0 aliphatic heterocycles. The Bertz CT molecular complexity index is 411. The largest absolute Gasteiger partial charge is 0.394 e. The van der Waals surface area contributed by atoms with Crippen LogP contribution in [-0.2, 0) is 9.59 Å². The summed E-state index contributed by atoms with van der Waals surface area (Å²) in [5.74, 6) is -1.47. The van der Waals surface area contributed by atoms with Crippen molar-refractivity contribution in [2.24, 2.45) is 0 Å². The van der Waals surface area contributed by atoms with Crippen molar-refractivity contribution >= 4 is 17.5 Å². The maximum atomic E-state index is 11.6. The number of hydrogen-bond acceptors (Lipinski definition) is 3. The zero-order valence-electron chi connectivity index (χ0n) is 10.6. The molecular formula is C13H18N2O3. The first kappa shape index (κ1) is 14.2. The van der Waals surface area contributed by atoms with Crippen molar-refractivity contribution in [3.8, 4) is 0 Å². The number of aliphatic hydroxyl groups is 1. The molecule has 1 atom stereocenters. The fraction of sp³-hybridized carbons (Fsp3) is 0.385. The summed E-state index contributed by atoms with van der Waals surface area (Å²) in [7, 11) is 0. The maximum Gasteiger partial charge on any atom is 0.313 e. The van der Waals surface area contributed by atoms with Gasteiger partial charge in [-0.2, -0.15) is 0 Å². The van der Waals surface area contributed by atoms with Gasteiger partial charge >= 0.3 is 11.8 Å². The van der Waals surface area contributed by atoms with Crippen molar-refractivity contribution in [3.63, 3.8) is 0 Å². The smallest absolute Gasteiger partial charge is 0.313 e. The SMILES string of the molecule is CCC(CO)NC(=O)C(=O)Nc1ccc(C)cc1. The topological polar surface area (TPSA) is 78.4 Å². The van der Waals surface area contributed by atoms with E-state index in [1.165, 1.54) is 0 Å². The third kappa shape index (κ3) is 4.18. The summed E-state index contributed by atoms with van der Waals surface area (Å²) in [6.45, 7) is 3.57. The molecule has 0 fully saturated rings. The number of carbonyl (C=O) groups is 2. The van der Waals surface area contributed by atoms with Crippen LogP contribution < -0.4 is 10.6 Å². The van der Waals surface area contributed by atoms with E-state index in [-0.39, 0.29) is 12.6 Å². The molecule has 0 saturated carbocycles. The summed E-state index contributed by atoms with van der Waals surface area (Å²) < 4.78 is 0. The Morgan fingerprint density at radius 3 is 2.33 bits per heavy atom. The molecule has 98 valence electrons. The fourth-order valence-electron chi connectivity index (χ4n) is 1.35. The van der Waals surface area contributed by atoms with E-state index >= 15 is 0 Å². The first-order chi connectivity index (χ1) is 8.56. The predicted molar refractivity (Wildman–Crippen MR) is 69.1 cm³/mol. The number of hydrogen-bond donors (Lipinski definition) is 3. The van der Waals surface area contributed by atoms with E-state index in [1.54, 1.807) is 12.1 Å². The summed E-state index contributed by atoms with van der Waals surface area (Å²) in [6.07, 6.45) is 0.569. The van der Waals surface area contributed by atoms with Gasteiger partial charge in [-0.05, 0) is 25.5 Å². The van der Waals surface area contributed by atoms with Crippen LogP contribution in [0.15, 0.2) is 24.3 Å². The molecule has 0 radical (unpaired) electrons. The number of aliphatic hydroxyl groups excluding tert-OH is 1. The molecule has 18 heavy (non-hydrogen) atoms. The molecule has 1 unspecified atom stereocenters. The van der Waals surface area contributed by atoms with Crippen molar-refractivity contribution in [2.45, 2.75) is 26.3 Å². The molecule has 1 rings (SSSR count). The Labute approximate surface area is 106 Å². The van der Waals surface area contributed by atoms with Crippen molar-refractivity contribution < 1.29 is 14.7 Å². The number of rotatable bonds is 4. The van der Waals surface area contributed by atoms with Gasteiger partial charge in [0, 0.05) is 5.69 Å². The van der Waals surface area contributed by atoms with Gasteiger partial charge in [-0.1, -0.05) is 24.6 Å². The van der Waals surface area contributed by atoms with Crippen molar-refractivity contribution in [3.05, 3.63) is 29.8 Å². The highest BCUT2D eigenvalue weighted by atomic mass is 16.3. The number of nitrogens with one attached hydrogen (secondary N) is 2. The third-order valence-electron chi connectivity index (χ3n) is 2.56. The minimum absolute atomic E-state index is 0.181. The van der Waals surface area contributed by atoms with E-state index in [4.69, 9.17) is 5.11 Å². The average Bonchev–Trinajstić information content (AvgIpc) is 2.38. The van der Waals surface area contributed by atoms with Crippen LogP contribution in [0, 0.1) is 6.92 Å². The highest BCUT2D eigenvalue weighted by molar-refractivity contribution is 6.39. The molecule has 0 saturated heterocycles. The van der Waals surface area contributed by atoms with E-state index in [1.807, 2.05) is 26.0 Å². The Morgan fingerprint density at radius 1 is 1.22 bits per heavy atom. The molecule has 5 heteroatoms. The Hall–Kier alpha value is -1.88. The van der Waals surface area contributed by atoms with E-state index in [9.17, 15) is 9.59 Å². The second-order valence-electron chi connectivity index (χ2n) is 4.08. The lowest BCUT2D eigenvalue weighted by molar-refractivity contribution is -0.136. The van der Waals surface area contributed by atoms with Gasteiger partial charge in [-0.3, -0.25) is 9.59 Å². The standard InChI is InChI=1S/C13H18N2O3/c1-3-10(8-16)14-12(17)13(18)15-11-6-4-9(2)5-7-11/h4-7,10,16H,3,8H2,1-2H3,(H,14,17)(H,15,18). The van der Waals surface area contributed by atoms with Crippen LogP contribution in [0.5, 0.6) is 0 Å². The van der Waals surface area contributed by atoms with Gasteiger partial charge in [-0.25, -0.2) is 0 Å². The van der Waals surface area contributed by atoms with Crippen LogP contribution in [0.25, 0.3) is 0 Å². The molecule has 3 N–H and O–H groups in total.